The van der Waals surface area contributed by atoms with Gasteiger partial charge in [-0.2, -0.15) is 0 Å². The molecule has 35 heavy (non-hydrogen) atoms. The molecule has 178 valence electrons. The maximum absolute atomic E-state index is 13.3. The fraction of sp³-hybridized carbons (Fsp3) is 0.148. The Morgan fingerprint density at radius 3 is 2.26 bits per heavy atom. The second-order valence-electron chi connectivity index (χ2n) is 7.94. The number of hydrogen-bond acceptors (Lipinski definition) is 7. The number of phenols is 1. The van der Waals surface area contributed by atoms with E-state index < -0.39 is 5.91 Å². The summed E-state index contributed by atoms with van der Waals surface area (Å²) in [7, 11) is 6.90. The van der Waals surface area contributed by atoms with Crippen LogP contribution in [-0.4, -0.2) is 39.3 Å². The van der Waals surface area contributed by atoms with E-state index in [9.17, 15) is 9.90 Å². The van der Waals surface area contributed by atoms with Gasteiger partial charge < -0.3 is 24.8 Å². The topological polar surface area (TPSA) is 95.8 Å². The number of rotatable bonds is 7. The van der Waals surface area contributed by atoms with Crippen LogP contribution < -0.4 is 19.7 Å². The molecule has 4 aromatic carbocycles. The third-order valence-electron chi connectivity index (χ3n) is 5.53. The van der Waals surface area contributed by atoms with Crippen LogP contribution in [0.5, 0.6) is 17.2 Å². The van der Waals surface area contributed by atoms with Crippen molar-refractivity contribution in [3.05, 3.63) is 78.4 Å². The van der Waals surface area contributed by atoms with Gasteiger partial charge in [-0.25, -0.2) is 0 Å². The number of para-hydroxylation sites is 2. The third-order valence-corrected chi connectivity index (χ3v) is 5.53. The molecular formula is C27H26N4O4. The molecule has 0 bridgehead atoms. The van der Waals surface area contributed by atoms with Gasteiger partial charge in [0.1, 0.15) is 22.9 Å². The summed E-state index contributed by atoms with van der Waals surface area (Å²) in [4.78, 5) is 15.2. The smallest absolute Gasteiger partial charge is 0.259 e. The second kappa shape index (κ2) is 10.1. The Bertz CT molecular complexity index is 1420. The number of phenolic OH excluding ortho intramolecular Hbond substituents is 1. The Balaban J connectivity index is 1.77. The summed E-state index contributed by atoms with van der Waals surface area (Å²) in [6, 6.07) is 21.4. The zero-order valence-corrected chi connectivity index (χ0v) is 19.9. The first-order chi connectivity index (χ1) is 16.9. The van der Waals surface area contributed by atoms with Crippen molar-refractivity contribution in [1.29, 1.82) is 0 Å². The van der Waals surface area contributed by atoms with Crippen molar-refractivity contribution in [2.75, 3.05) is 38.5 Å². The van der Waals surface area contributed by atoms with Crippen LogP contribution in [0.25, 0.3) is 10.8 Å². The summed E-state index contributed by atoms with van der Waals surface area (Å²) in [5.74, 6) is 0.546. The van der Waals surface area contributed by atoms with Gasteiger partial charge in [-0.15, -0.1) is 10.2 Å². The summed E-state index contributed by atoms with van der Waals surface area (Å²) in [6.45, 7) is 0. The first kappa shape index (κ1) is 23.6. The van der Waals surface area contributed by atoms with Crippen molar-refractivity contribution in [2.45, 2.75) is 0 Å². The lowest BCUT2D eigenvalue weighted by molar-refractivity contribution is 0.102. The van der Waals surface area contributed by atoms with Gasteiger partial charge >= 0.3 is 0 Å². The monoisotopic (exact) mass is 470 g/mol. The number of aromatic hydroxyl groups is 1. The summed E-state index contributed by atoms with van der Waals surface area (Å²) in [5, 5.41) is 23.8. The number of nitrogens with one attached hydrogen (secondary N) is 1. The largest absolute Gasteiger partial charge is 0.506 e. The Morgan fingerprint density at radius 1 is 0.857 bits per heavy atom. The number of azo groups is 1. The quantitative estimate of drug-likeness (QED) is 0.309. The molecule has 0 aliphatic carbocycles. The average Bonchev–Trinajstić information content (AvgIpc) is 2.88. The van der Waals surface area contributed by atoms with Crippen molar-refractivity contribution in [2.24, 2.45) is 10.2 Å². The number of anilines is 2. The van der Waals surface area contributed by atoms with E-state index in [1.165, 1.54) is 13.2 Å². The minimum atomic E-state index is -0.457. The van der Waals surface area contributed by atoms with E-state index in [1.54, 1.807) is 37.4 Å². The van der Waals surface area contributed by atoms with E-state index in [0.29, 0.717) is 39.3 Å². The van der Waals surface area contributed by atoms with E-state index in [4.69, 9.17) is 9.47 Å². The van der Waals surface area contributed by atoms with Crippen LogP contribution in [0.2, 0.25) is 0 Å². The summed E-state index contributed by atoms with van der Waals surface area (Å²) in [5.41, 5.74) is 2.49. The SMILES string of the molecule is COc1ccc(N=Nc2cc(C(=O)Nc3ccccc3N(C)C)c(O)c3ccccc23)c(OC)c1. The zero-order chi connectivity index (χ0) is 24.9. The molecule has 1 amide bonds. The van der Waals surface area contributed by atoms with Crippen molar-refractivity contribution in [3.8, 4) is 17.2 Å². The number of fused-ring (bicyclic) bond motifs is 1. The van der Waals surface area contributed by atoms with Crippen LogP contribution in [0.3, 0.4) is 0 Å². The number of carbonyl (C=O) groups is 1. The molecule has 0 aromatic heterocycles. The highest BCUT2D eigenvalue weighted by atomic mass is 16.5. The maximum Gasteiger partial charge on any atom is 0.259 e. The fourth-order valence-corrected chi connectivity index (χ4v) is 3.73. The Hall–Kier alpha value is -4.59. The molecule has 0 aliphatic heterocycles. The van der Waals surface area contributed by atoms with Crippen molar-refractivity contribution in [3.63, 3.8) is 0 Å². The van der Waals surface area contributed by atoms with E-state index in [2.05, 4.69) is 15.5 Å². The van der Waals surface area contributed by atoms with E-state index in [-0.39, 0.29) is 11.3 Å². The molecule has 0 saturated carbocycles. The van der Waals surface area contributed by atoms with E-state index >= 15 is 0 Å². The van der Waals surface area contributed by atoms with Crippen molar-refractivity contribution in [1.82, 2.24) is 0 Å². The van der Waals surface area contributed by atoms with Gasteiger partial charge in [0.05, 0.1) is 36.8 Å². The standard InChI is InChI=1S/C27H26N4O4/c1-31(2)24-12-8-7-11-21(24)28-27(33)20-16-23(18-9-5-6-10-19(18)26(20)32)30-29-22-14-13-17(34-3)15-25(22)35-4/h5-16,32H,1-4H3,(H,28,33). The molecule has 8 nitrogen and oxygen atoms in total. The van der Waals surface area contributed by atoms with Crippen molar-refractivity contribution >= 4 is 39.4 Å². The predicted molar refractivity (Wildman–Crippen MR) is 138 cm³/mol. The molecule has 0 spiro atoms. The lowest BCUT2D eigenvalue weighted by atomic mass is 10.0. The number of amides is 1. The molecule has 4 aromatic rings. The highest BCUT2D eigenvalue weighted by Gasteiger charge is 2.19. The normalized spacial score (nSPS) is 11.0. The van der Waals surface area contributed by atoms with E-state index in [0.717, 1.165) is 5.69 Å². The maximum atomic E-state index is 13.3. The Labute approximate surface area is 203 Å². The van der Waals surface area contributed by atoms with Gasteiger partial charge in [0.15, 0.2) is 0 Å². The van der Waals surface area contributed by atoms with E-state index in [1.807, 2.05) is 55.4 Å². The molecule has 0 fully saturated rings. The molecule has 0 heterocycles. The molecule has 2 N–H and O–H groups in total. The molecule has 0 unspecified atom stereocenters. The summed E-state index contributed by atoms with van der Waals surface area (Å²) in [6.07, 6.45) is 0. The summed E-state index contributed by atoms with van der Waals surface area (Å²) >= 11 is 0. The molecular weight excluding hydrogens is 444 g/mol. The summed E-state index contributed by atoms with van der Waals surface area (Å²) < 4.78 is 10.6. The average molecular weight is 471 g/mol. The van der Waals surface area contributed by atoms with Crippen LogP contribution in [0.4, 0.5) is 22.7 Å². The number of benzene rings is 4. The van der Waals surface area contributed by atoms with Gasteiger partial charge in [0.2, 0.25) is 0 Å². The second-order valence-corrected chi connectivity index (χ2v) is 7.94. The highest BCUT2D eigenvalue weighted by molar-refractivity contribution is 6.13. The van der Waals surface area contributed by atoms with Crippen LogP contribution in [0, 0.1) is 0 Å². The van der Waals surface area contributed by atoms with Crippen LogP contribution in [0.1, 0.15) is 10.4 Å². The van der Waals surface area contributed by atoms with Gasteiger partial charge in [-0.05, 0) is 30.3 Å². The van der Waals surface area contributed by atoms with Crippen molar-refractivity contribution < 1.29 is 19.4 Å². The molecule has 0 aliphatic rings. The van der Waals surface area contributed by atoms with Gasteiger partial charge in [-0.1, -0.05) is 36.4 Å². The van der Waals surface area contributed by atoms with Crippen LogP contribution >= 0.6 is 0 Å². The minimum absolute atomic E-state index is 0.0907. The van der Waals surface area contributed by atoms with Crippen LogP contribution in [-0.2, 0) is 0 Å². The number of carbonyl (C=O) groups excluding carboxylic acids is 1. The van der Waals surface area contributed by atoms with Gasteiger partial charge in [0.25, 0.3) is 5.91 Å². The first-order valence-corrected chi connectivity index (χ1v) is 10.9. The Morgan fingerprint density at radius 2 is 1.54 bits per heavy atom. The zero-order valence-electron chi connectivity index (χ0n) is 19.9. The molecule has 0 saturated heterocycles. The molecule has 4 rings (SSSR count). The van der Waals surface area contributed by atoms with Crippen LogP contribution in [0.15, 0.2) is 83.0 Å². The number of methoxy groups -OCH3 is 2. The minimum Gasteiger partial charge on any atom is -0.506 e. The molecule has 8 heteroatoms. The Kier molecular flexibility index (Phi) is 6.82. The first-order valence-electron chi connectivity index (χ1n) is 10.9. The highest BCUT2D eigenvalue weighted by Crippen LogP contribution is 2.39. The molecule has 0 radical (unpaired) electrons. The third kappa shape index (κ3) is 4.86. The lowest BCUT2D eigenvalue weighted by Gasteiger charge is -2.18. The fourth-order valence-electron chi connectivity index (χ4n) is 3.73. The number of nitrogens with zero attached hydrogens (tertiary/aromatic N) is 3. The predicted octanol–water partition coefficient (Wildman–Crippen LogP) is 6.30. The number of hydrogen-bond donors (Lipinski definition) is 2. The van der Waals surface area contributed by atoms with Gasteiger partial charge in [0, 0.05) is 30.9 Å². The lowest BCUT2D eigenvalue weighted by Crippen LogP contribution is -2.16. The number of ether oxygens (including phenoxy) is 2. The van der Waals surface area contributed by atoms with Gasteiger partial charge in [-0.3, -0.25) is 4.79 Å². The molecule has 0 atom stereocenters.